The Kier molecular flexibility index (Phi) is 10.5. The Balaban J connectivity index is 2.03. The first-order chi connectivity index (χ1) is 18.5. The molecule has 3 rings (SSSR count). The van der Waals surface area contributed by atoms with Gasteiger partial charge in [-0.3, -0.25) is 13.9 Å². The minimum atomic E-state index is -4.16. The Morgan fingerprint density at radius 2 is 1.54 bits per heavy atom. The minimum Gasteiger partial charge on any atom is -0.495 e. The second-order valence-corrected chi connectivity index (χ2v) is 12.2. The number of methoxy groups -OCH3 is 1. The number of benzene rings is 3. The zero-order valence-electron chi connectivity index (χ0n) is 22.5. The molecule has 3 aromatic carbocycles. The predicted octanol–water partition coefficient (Wildman–Crippen LogP) is 4.84. The fourth-order valence-corrected chi connectivity index (χ4v) is 5.60. The molecular weight excluding hydrogens is 582 g/mol. The zero-order chi connectivity index (χ0) is 28.6. The molecule has 3 aromatic rings. The molecule has 0 saturated carbocycles. The fraction of sp³-hybridized carbons (Fsp3) is 0.310. The molecular formula is C29H34BrN3O5S. The number of carbonyl (C=O) groups is 2. The molecule has 0 bridgehead atoms. The van der Waals surface area contributed by atoms with E-state index in [0.29, 0.717) is 12.3 Å². The zero-order valence-corrected chi connectivity index (χ0v) is 24.9. The lowest BCUT2D eigenvalue weighted by Gasteiger charge is -2.32. The molecule has 39 heavy (non-hydrogen) atoms. The first-order valence-electron chi connectivity index (χ1n) is 12.6. The number of hydrogen-bond donors (Lipinski definition) is 1. The summed E-state index contributed by atoms with van der Waals surface area (Å²) in [6, 6.07) is 21.1. The predicted molar refractivity (Wildman–Crippen MR) is 156 cm³/mol. The average molecular weight is 617 g/mol. The average Bonchev–Trinajstić information content (AvgIpc) is 2.94. The van der Waals surface area contributed by atoms with Gasteiger partial charge in [0.15, 0.2) is 0 Å². The highest BCUT2D eigenvalue weighted by molar-refractivity contribution is 9.10. The van der Waals surface area contributed by atoms with Gasteiger partial charge in [0.05, 0.1) is 17.7 Å². The van der Waals surface area contributed by atoms with Crippen LogP contribution in [0, 0.1) is 5.92 Å². The van der Waals surface area contributed by atoms with Crippen molar-refractivity contribution in [1.29, 1.82) is 0 Å². The molecule has 10 heteroatoms. The van der Waals surface area contributed by atoms with Crippen LogP contribution in [0.5, 0.6) is 5.75 Å². The highest BCUT2D eigenvalue weighted by Crippen LogP contribution is 2.32. The molecule has 0 aromatic heterocycles. The number of sulfonamides is 1. The number of nitrogens with zero attached hydrogens (tertiary/aromatic N) is 2. The molecule has 208 valence electrons. The quantitative estimate of drug-likeness (QED) is 0.314. The van der Waals surface area contributed by atoms with Crippen molar-refractivity contribution in [2.45, 2.75) is 38.3 Å². The summed E-state index contributed by atoms with van der Waals surface area (Å²) in [7, 11) is -2.72. The summed E-state index contributed by atoms with van der Waals surface area (Å²) >= 11 is 3.41. The van der Waals surface area contributed by atoms with Crippen molar-refractivity contribution in [2.24, 2.45) is 5.92 Å². The van der Waals surface area contributed by atoms with Crippen molar-refractivity contribution in [3.63, 3.8) is 0 Å². The van der Waals surface area contributed by atoms with Crippen LogP contribution in [0.4, 0.5) is 5.69 Å². The Morgan fingerprint density at radius 3 is 2.15 bits per heavy atom. The smallest absolute Gasteiger partial charge is 0.264 e. The number of para-hydroxylation sites is 2. The van der Waals surface area contributed by atoms with E-state index in [4.69, 9.17) is 4.74 Å². The van der Waals surface area contributed by atoms with Gasteiger partial charge in [-0.05, 0) is 54.8 Å². The lowest BCUT2D eigenvalue weighted by Crippen LogP contribution is -2.51. The molecule has 0 saturated heterocycles. The van der Waals surface area contributed by atoms with Gasteiger partial charge < -0.3 is 15.0 Å². The minimum absolute atomic E-state index is 0.0332. The third-order valence-electron chi connectivity index (χ3n) is 6.08. The molecule has 0 radical (unpaired) electrons. The standard InChI is InChI=1S/C29H34BrN3O5S/c1-21(2)18-31-29(35)22(3)32(19-23-14-16-24(30)17-15-23)28(34)20-33(26-12-8-9-13-27(26)38-4)39(36,37)25-10-6-5-7-11-25/h5-17,21-22H,18-20H2,1-4H3,(H,31,35). The molecule has 0 fully saturated rings. The van der Waals surface area contributed by atoms with Crippen LogP contribution in [-0.4, -0.2) is 51.4 Å². The van der Waals surface area contributed by atoms with E-state index in [0.717, 1.165) is 14.3 Å². The lowest BCUT2D eigenvalue weighted by atomic mass is 10.1. The van der Waals surface area contributed by atoms with Gasteiger partial charge in [0.2, 0.25) is 11.8 Å². The van der Waals surface area contributed by atoms with Crippen LogP contribution in [0.15, 0.2) is 88.2 Å². The molecule has 2 amide bonds. The Morgan fingerprint density at radius 1 is 0.923 bits per heavy atom. The van der Waals surface area contributed by atoms with Gasteiger partial charge >= 0.3 is 0 Å². The molecule has 8 nitrogen and oxygen atoms in total. The SMILES string of the molecule is COc1ccccc1N(CC(=O)N(Cc1ccc(Br)cc1)C(C)C(=O)NCC(C)C)S(=O)(=O)c1ccccc1. The number of nitrogens with one attached hydrogen (secondary N) is 1. The summed E-state index contributed by atoms with van der Waals surface area (Å²) < 4.78 is 35.1. The van der Waals surface area contributed by atoms with Crippen molar-refractivity contribution in [3.8, 4) is 5.75 Å². The fourth-order valence-electron chi connectivity index (χ4n) is 3.89. The number of rotatable bonds is 12. The molecule has 0 heterocycles. The number of ether oxygens (including phenoxy) is 1. The summed E-state index contributed by atoms with van der Waals surface area (Å²) in [4.78, 5) is 28.4. The van der Waals surface area contributed by atoms with Gasteiger partial charge in [-0.25, -0.2) is 8.42 Å². The molecule has 0 aliphatic rings. The van der Waals surface area contributed by atoms with Crippen LogP contribution in [0.25, 0.3) is 0 Å². The Labute approximate surface area is 239 Å². The van der Waals surface area contributed by atoms with Gasteiger partial charge in [-0.15, -0.1) is 0 Å². The normalized spacial score (nSPS) is 12.1. The van der Waals surface area contributed by atoms with Crippen molar-refractivity contribution >= 4 is 43.5 Å². The third kappa shape index (κ3) is 7.83. The summed E-state index contributed by atoms with van der Waals surface area (Å²) in [5.41, 5.74) is 1.02. The lowest BCUT2D eigenvalue weighted by molar-refractivity contribution is -0.139. The molecule has 0 aliphatic heterocycles. The molecule has 1 atom stereocenters. The number of amides is 2. The van der Waals surface area contributed by atoms with Gasteiger partial charge in [0.1, 0.15) is 18.3 Å². The van der Waals surface area contributed by atoms with E-state index in [9.17, 15) is 18.0 Å². The van der Waals surface area contributed by atoms with Crippen LogP contribution in [0.1, 0.15) is 26.3 Å². The van der Waals surface area contributed by atoms with Gasteiger partial charge in [0.25, 0.3) is 10.0 Å². The maximum Gasteiger partial charge on any atom is 0.264 e. The van der Waals surface area contributed by atoms with Crippen molar-refractivity contribution < 1.29 is 22.7 Å². The number of halogens is 1. The Hall–Kier alpha value is -3.37. The van der Waals surface area contributed by atoms with E-state index >= 15 is 0 Å². The van der Waals surface area contributed by atoms with E-state index in [1.807, 2.05) is 38.1 Å². The van der Waals surface area contributed by atoms with Gasteiger partial charge in [-0.2, -0.15) is 0 Å². The summed E-state index contributed by atoms with van der Waals surface area (Å²) in [6.07, 6.45) is 0. The third-order valence-corrected chi connectivity index (χ3v) is 8.38. The summed E-state index contributed by atoms with van der Waals surface area (Å²) in [5.74, 6) is -0.319. The Bertz CT molecular complexity index is 1370. The van der Waals surface area contributed by atoms with E-state index in [2.05, 4.69) is 21.2 Å². The van der Waals surface area contributed by atoms with Crippen LogP contribution >= 0.6 is 15.9 Å². The van der Waals surface area contributed by atoms with E-state index in [1.54, 1.807) is 49.4 Å². The number of hydrogen-bond acceptors (Lipinski definition) is 5. The number of carbonyl (C=O) groups excluding carboxylic acids is 2. The highest BCUT2D eigenvalue weighted by atomic mass is 79.9. The van der Waals surface area contributed by atoms with Gasteiger partial charge in [0, 0.05) is 17.6 Å². The molecule has 0 aliphatic carbocycles. The van der Waals surface area contributed by atoms with Crippen molar-refractivity contribution in [1.82, 2.24) is 10.2 Å². The maximum atomic E-state index is 13.9. The topological polar surface area (TPSA) is 96.0 Å². The monoisotopic (exact) mass is 615 g/mol. The maximum absolute atomic E-state index is 13.9. The second-order valence-electron chi connectivity index (χ2n) is 9.46. The first kappa shape index (κ1) is 30.2. The summed E-state index contributed by atoms with van der Waals surface area (Å²) in [6.45, 7) is 5.65. The van der Waals surface area contributed by atoms with Crippen molar-refractivity contribution in [3.05, 3.63) is 88.9 Å². The van der Waals surface area contributed by atoms with Crippen LogP contribution in [0.2, 0.25) is 0 Å². The number of anilines is 1. The molecule has 1 unspecified atom stereocenters. The van der Waals surface area contributed by atoms with E-state index < -0.39 is 28.5 Å². The molecule has 1 N–H and O–H groups in total. The van der Waals surface area contributed by atoms with E-state index in [1.165, 1.54) is 24.1 Å². The van der Waals surface area contributed by atoms with E-state index in [-0.39, 0.29) is 29.0 Å². The second kappa shape index (κ2) is 13.6. The van der Waals surface area contributed by atoms with Crippen LogP contribution in [0.3, 0.4) is 0 Å². The largest absolute Gasteiger partial charge is 0.495 e. The first-order valence-corrected chi connectivity index (χ1v) is 14.8. The molecule has 0 spiro atoms. The van der Waals surface area contributed by atoms with Crippen LogP contribution < -0.4 is 14.4 Å². The highest BCUT2D eigenvalue weighted by Gasteiger charge is 2.33. The van der Waals surface area contributed by atoms with Crippen molar-refractivity contribution in [2.75, 3.05) is 24.5 Å². The summed E-state index contributed by atoms with van der Waals surface area (Å²) in [5, 5.41) is 2.88. The van der Waals surface area contributed by atoms with Crippen LogP contribution in [-0.2, 0) is 26.2 Å². The van der Waals surface area contributed by atoms with Gasteiger partial charge in [-0.1, -0.05) is 72.2 Å².